The molecule has 1 aromatic rings. The molecule has 0 saturated carbocycles. The van der Waals surface area contributed by atoms with Crippen LogP contribution in [0.4, 0.5) is 0 Å². The Labute approximate surface area is 124 Å². The molecule has 0 bridgehead atoms. The van der Waals surface area contributed by atoms with Crippen LogP contribution in [-0.4, -0.2) is 28.6 Å². The van der Waals surface area contributed by atoms with Crippen molar-refractivity contribution in [2.45, 2.75) is 27.7 Å². The zero-order chi connectivity index (χ0) is 13.6. The lowest BCUT2D eigenvalue weighted by Gasteiger charge is -2.29. The molecule has 0 radical (unpaired) electrons. The molecule has 0 aliphatic carbocycles. The van der Waals surface area contributed by atoms with Crippen LogP contribution < -0.4 is 5.19 Å². The van der Waals surface area contributed by atoms with Crippen molar-refractivity contribution in [1.82, 2.24) is 0 Å². The average molecular weight is 380 g/mol. The highest BCUT2D eigenvalue weighted by Crippen LogP contribution is 2.16. The molecular formula is C13H21IO3Si. The average Bonchev–Trinajstić information content (AvgIpc) is 2.33. The lowest BCUT2D eigenvalue weighted by molar-refractivity contribution is 0.0857. The van der Waals surface area contributed by atoms with Gasteiger partial charge in [-0.15, -0.1) is 0 Å². The van der Waals surface area contributed by atoms with Crippen molar-refractivity contribution in [2.75, 3.05) is 19.8 Å². The van der Waals surface area contributed by atoms with Crippen molar-refractivity contribution < 1.29 is 13.3 Å². The molecule has 0 spiro atoms. The third-order valence-corrected chi connectivity index (χ3v) is 6.98. The molecule has 102 valence electrons. The topological polar surface area (TPSA) is 27.7 Å². The summed E-state index contributed by atoms with van der Waals surface area (Å²) in [5.41, 5.74) is 1.20. The van der Waals surface area contributed by atoms with Crippen molar-refractivity contribution in [2.24, 2.45) is 0 Å². The standard InChI is InChI=1S/C13H21IO3Si/c1-5-15-18(16-6-2,17-7-3)13-10-11(4)8-9-12(13)14/h8-10H,5-7H2,1-4H3. The maximum absolute atomic E-state index is 5.92. The molecule has 0 aromatic heterocycles. The molecule has 18 heavy (non-hydrogen) atoms. The minimum Gasteiger partial charge on any atom is -0.370 e. The number of benzene rings is 1. The van der Waals surface area contributed by atoms with Gasteiger partial charge in [0.1, 0.15) is 0 Å². The van der Waals surface area contributed by atoms with Crippen LogP contribution in [0.25, 0.3) is 0 Å². The Balaban J connectivity index is 3.24. The molecule has 3 nitrogen and oxygen atoms in total. The Hall–Kier alpha value is 0.0469. The Morgan fingerprint density at radius 2 is 1.50 bits per heavy atom. The first-order valence-electron chi connectivity index (χ1n) is 6.28. The Kier molecular flexibility index (Phi) is 6.79. The van der Waals surface area contributed by atoms with Crippen molar-refractivity contribution in [1.29, 1.82) is 0 Å². The number of hydrogen-bond acceptors (Lipinski definition) is 3. The molecule has 1 aromatic carbocycles. The van der Waals surface area contributed by atoms with Gasteiger partial charge in [-0.05, 0) is 56.4 Å². The van der Waals surface area contributed by atoms with Gasteiger partial charge in [-0.3, -0.25) is 0 Å². The maximum Gasteiger partial charge on any atom is 0.538 e. The van der Waals surface area contributed by atoms with Crippen LogP contribution in [-0.2, 0) is 13.3 Å². The fourth-order valence-electron chi connectivity index (χ4n) is 1.80. The minimum absolute atomic E-state index is 0.593. The van der Waals surface area contributed by atoms with Gasteiger partial charge in [0.2, 0.25) is 0 Å². The predicted octanol–water partition coefficient (Wildman–Crippen LogP) is 2.86. The van der Waals surface area contributed by atoms with E-state index in [1.807, 2.05) is 20.8 Å². The summed E-state index contributed by atoms with van der Waals surface area (Å²) in [5.74, 6) is 0. The predicted molar refractivity (Wildman–Crippen MR) is 84.2 cm³/mol. The van der Waals surface area contributed by atoms with E-state index in [4.69, 9.17) is 13.3 Å². The van der Waals surface area contributed by atoms with Gasteiger partial charge >= 0.3 is 8.80 Å². The fraction of sp³-hybridized carbons (Fsp3) is 0.538. The van der Waals surface area contributed by atoms with Gasteiger partial charge in [-0.25, -0.2) is 0 Å². The second kappa shape index (κ2) is 7.59. The SMILES string of the molecule is CCO[Si](OCC)(OCC)c1cc(C)ccc1I. The van der Waals surface area contributed by atoms with E-state index in [1.54, 1.807) is 0 Å². The van der Waals surface area contributed by atoms with Gasteiger partial charge in [-0.2, -0.15) is 0 Å². The zero-order valence-electron chi connectivity index (χ0n) is 11.5. The molecular weight excluding hydrogens is 359 g/mol. The Morgan fingerprint density at radius 3 is 1.94 bits per heavy atom. The molecule has 0 aliphatic heterocycles. The summed E-state index contributed by atoms with van der Waals surface area (Å²) in [6.45, 7) is 9.78. The Bertz CT molecular complexity index is 367. The normalized spacial score (nSPS) is 11.8. The summed E-state index contributed by atoms with van der Waals surface area (Å²) < 4.78 is 18.9. The van der Waals surface area contributed by atoms with Gasteiger partial charge in [-0.1, -0.05) is 17.7 Å². The van der Waals surface area contributed by atoms with E-state index < -0.39 is 8.80 Å². The van der Waals surface area contributed by atoms with E-state index in [-0.39, 0.29) is 0 Å². The van der Waals surface area contributed by atoms with Gasteiger partial charge < -0.3 is 13.3 Å². The summed E-state index contributed by atoms with van der Waals surface area (Å²) in [7, 11) is -2.76. The fourth-order valence-corrected chi connectivity index (χ4v) is 5.77. The molecule has 0 atom stereocenters. The molecule has 0 aliphatic rings. The molecule has 1 rings (SSSR count). The van der Waals surface area contributed by atoms with Gasteiger partial charge in [0.15, 0.2) is 0 Å². The second-order valence-electron chi connectivity index (χ2n) is 3.84. The zero-order valence-corrected chi connectivity index (χ0v) is 14.6. The summed E-state index contributed by atoms with van der Waals surface area (Å²) in [6.07, 6.45) is 0. The highest BCUT2D eigenvalue weighted by molar-refractivity contribution is 14.1. The smallest absolute Gasteiger partial charge is 0.370 e. The number of hydrogen-bond donors (Lipinski definition) is 0. The van der Waals surface area contributed by atoms with Crippen LogP contribution in [0.1, 0.15) is 26.3 Å². The van der Waals surface area contributed by atoms with Crippen molar-refractivity contribution >= 4 is 36.6 Å². The number of halogens is 1. The summed E-state index contributed by atoms with van der Waals surface area (Å²) in [6, 6.07) is 6.30. The van der Waals surface area contributed by atoms with E-state index in [1.165, 1.54) is 5.56 Å². The molecule has 0 N–H and O–H groups in total. The lowest BCUT2D eigenvalue weighted by atomic mass is 10.2. The quantitative estimate of drug-likeness (QED) is 0.538. The molecule has 5 heteroatoms. The van der Waals surface area contributed by atoms with E-state index in [2.05, 4.69) is 47.7 Å². The maximum atomic E-state index is 5.92. The summed E-state index contributed by atoms with van der Waals surface area (Å²) in [5, 5.41) is 1.08. The summed E-state index contributed by atoms with van der Waals surface area (Å²) in [4.78, 5) is 0. The first-order chi connectivity index (χ1) is 8.59. The van der Waals surface area contributed by atoms with E-state index >= 15 is 0 Å². The molecule has 0 unspecified atom stereocenters. The molecule has 0 saturated heterocycles. The molecule has 0 heterocycles. The van der Waals surface area contributed by atoms with Crippen LogP contribution >= 0.6 is 22.6 Å². The number of aryl methyl sites for hydroxylation is 1. The van der Waals surface area contributed by atoms with Crippen molar-refractivity contribution in [3.63, 3.8) is 0 Å². The van der Waals surface area contributed by atoms with Gasteiger partial charge in [0.05, 0.1) is 0 Å². The Morgan fingerprint density at radius 1 is 1.00 bits per heavy atom. The summed E-state index contributed by atoms with van der Waals surface area (Å²) >= 11 is 2.32. The largest absolute Gasteiger partial charge is 0.538 e. The van der Waals surface area contributed by atoms with Crippen LogP contribution in [0.5, 0.6) is 0 Å². The van der Waals surface area contributed by atoms with Gasteiger partial charge in [0.25, 0.3) is 0 Å². The van der Waals surface area contributed by atoms with Crippen LogP contribution in [0.2, 0.25) is 0 Å². The third kappa shape index (κ3) is 3.77. The highest BCUT2D eigenvalue weighted by Gasteiger charge is 2.44. The van der Waals surface area contributed by atoms with Crippen LogP contribution in [0, 0.1) is 10.5 Å². The van der Waals surface area contributed by atoms with E-state index in [0.29, 0.717) is 19.8 Å². The van der Waals surface area contributed by atoms with Crippen molar-refractivity contribution in [3.05, 3.63) is 27.3 Å². The first-order valence-corrected chi connectivity index (χ1v) is 9.08. The minimum atomic E-state index is -2.76. The molecule has 0 amide bonds. The second-order valence-corrected chi connectivity index (χ2v) is 7.52. The van der Waals surface area contributed by atoms with Crippen LogP contribution in [0.15, 0.2) is 18.2 Å². The van der Waals surface area contributed by atoms with E-state index in [0.717, 1.165) is 8.76 Å². The van der Waals surface area contributed by atoms with Gasteiger partial charge in [0, 0.05) is 28.6 Å². The number of rotatable bonds is 7. The van der Waals surface area contributed by atoms with E-state index in [9.17, 15) is 0 Å². The van der Waals surface area contributed by atoms with Crippen molar-refractivity contribution in [3.8, 4) is 0 Å². The highest BCUT2D eigenvalue weighted by atomic mass is 127. The lowest BCUT2D eigenvalue weighted by Crippen LogP contribution is -2.58. The monoisotopic (exact) mass is 380 g/mol. The molecule has 0 fully saturated rings. The first kappa shape index (κ1) is 16.1. The van der Waals surface area contributed by atoms with Crippen LogP contribution in [0.3, 0.4) is 0 Å². The third-order valence-electron chi connectivity index (χ3n) is 2.45.